The smallest absolute Gasteiger partial charge is 0.171 e. The lowest BCUT2D eigenvalue weighted by atomic mass is 9.47. The van der Waals surface area contributed by atoms with E-state index in [1.165, 1.54) is 75.4 Å². The Morgan fingerprint density at radius 2 is 0.684 bits per heavy atom. The van der Waals surface area contributed by atoms with Crippen LogP contribution >= 0.6 is 0 Å². The van der Waals surface area contributed by atoms with Gasteiger partial charge in [-0.2, -0.15) is 15.0 Å². The van der Waals surface area contributed by atoms with Crippen LogP contribution in [0.1, 0.15) is 294 Å². The summed E-state index contributed by atoms with van der Waals surface area (Å²) in [5.74, 6) is 10.0. The molecular weight excluding hydrogens is 1460 g/mol. The molecule has 0 radical (unpaired) electrons. The van der Waals surface area contributed by atoms with Gasteiger partial charge in [-0.05, 0) is 372 Å². The second-order valence-electron chi connectivity index (χ2n) is 45.3. The van der Waals surface area contributed by atoms with Crippen LogP contribution in [-0.4, -0.2) is 115 Å². The van der Waals surface area contributed by atoms with Crippen LogP contribution in [0.5, 0.6) is 0 Å². The van der Waals surface area contributed by atoms with E-state index in [4.69, 9.17) is 0 Å². The molecule has 638 valence electrons. The minimum absolute atomic E-state index is 0.0459. The van der Waals surface area contributed by atoms with Crippen LogP contribution in [0.2, 0.25) is 0 Å². The molecule has 16 aliphatic rings. The van der Waals surface area contributed by atoms with Crippen molar-refractivity contribution < 1.29 is 39.6 Å². The molecule has 28 atom stereocenters. The van der Waals surface area contributed by atoms with Gasteiger partial charge in [-0.25, -0.2) is 4.98 Å². The first kappa shape index (κ1) is 83.4. The van der Waals surface area contributed by atoms with Crippen molar-refractivity contribution in [3.8, 4) is 0 Å². The third-order valence-electron chi connectivity index (χ3n) is 38.3. The van der Waals surface area contributed by atoms with Crippen LogP contribution in [0, 0.1) is 145 Å². The van der Waals surface area contributed by atoms with Crippen LogP contribution in [-0.2, 0) is 45.4 Å². The summed E-state index contributed by atoms with van der Waals surface area (Å²) in [6.45, 7) is 30.9. The summed E-state index contributed by atoms with van der Waals surface area (Å²) in [6.07, 6.45) is 57.5. The van der Waals surface area contributed by atoms with E-state index in [0.717, 1.165) is 135 Å². The van der Waals surface area contributed by atoms with E-state index in [2.05, 4.69) is 110 Å². The fourth-order valence-electron chi connectivity index (χ4n) is 31.6. The Labute approximate surface area is 698 Å². The Hall–Kier alpha value is -5.82. The van der Waals surface area contributed by atoms with Crippen LogP contribution < -0.4 is 0 Å². The number of ketones is 4. The second kappa shape index (κ2) is 30.3. The molecule has 20 rings (SSSR count). The maximum atomic E-state index is 13.2. The Balaban J connectivity index is 0.000000112. The van der Waals surface area contributed by atoms with E-state index in [0.29, 0.717) is 114 Å². The van der Waals surface area contributed by atoms with Crippen molar-refractivity contribution in [1.29, 1.82) is 0 Å². The van der Waals surface area contributed by atoms with E-state index in [1.54, 1.807) is 63.5 Å². The average molecular weight is 1600 g/mol. The summed E-state index contributed by atoms with van der Waals surface area (Å²) < 4.78 is 5.48. The number of hydrogen-bond acceptors (Lipinski definition) is 14. The molecule has 4 aromatic rings. The van der Waals surface area contributed by atoms with Crippen molar-refractivity contribution in [3.05, 3.63) is 108 Å². The van der Waals surface area contributed by atoms with E-state index in [9.17, 15) is 39.6 Å². The SMILES string of the molecule is C[C@@]1(O)CC[C@]2(C)C3=CC[C@]4(C)[C@@H](C(=O)Cn5cccn5)CC[C@H]4[C@@H]3CC[C@@H]2C1.C[C@@]1(O)CC[C@]2(C)C3=CC[C@]4(C)[C@@H](C(=O)Cn5cccn5)CC[C@H]4[C@@H]3CC[C@@H]2C1.C[C@@]1(O)CC[C@]2(C)C3=CC[C@]4(C)[C@@H](C(=O)Cn5ccnc5)CC[C@H]4[C@@H]3CC[C@@H]2C1.Cc1nnn(CC(=O)[C@H]2CC[C@H]3[C@@H]4CC[C@@H]5C[C@](C)(O)CC[C@]5(C)C4=CC[C@]23C)n1. The number of Topliss-reactive ketones (excluding diaryl/α,β-unsaturated/α-hetero) is 4. The molecule has 0 aliphatic heterocycles. The molecule has 4 N–H and O–H groups in total. The zero-order valence-electron chi connectivity index (χ0n) is 73.6. The van der Waals surface area contributed by atoms with Crippen LogP contribution in [0.3, 0.4) is 0 Å². The molecule has 12 saturated carbocycles. The molecule has 0 aromatic carbocycles. The zero-order valence-corrected chi connectivity index (χ0v) is 73.6. The zero-order chi connectivity index (χ0) is 82.6. The Morgan fingerprint density at radius 1 is 0.376 bits per heavy atom. The van der Waals surface area contributed by atoms with Gasteiger partial charge in [-0.3, -0.25) is 28.5 Å². The minimum atomic E-state index is -0.501. The molecule has 0 spiro atoms. The number of carbonyl (C=O) groups excluding carboxylic acids is 4. The number of carbonyl (C=O) groups is 4. The number of allylic oxidation sites excluding steroid dienone is 8. The van der Waals surface area contributed by atoms with Crippen LogP contribution in [0.25, 0.3) is 0 Å². The summed E-state index contributed by atoms with van der Waals surface area (Å²) in [5, 5.41) is 63.3. The van der Waals surface area contributed by atoms with Gasteiger partial charge in [0.1, 0.15) is 6.54 Å². The van der Waals surface area contributed by atoms with Gasteiger partial charge in [0.25, 0.3) is 0 Å². The topological polar surface area (TPSA) is 246 Å². The number of fused-ring (bicyclic) bond motifs is 20. The molecule has 0 unspecified atom stereocenters. The summed E-state index contributed by atoms with van der Waals surface area (Å²) in [5.41, 5.74) is 6.11. The van der Waals surface area contributed by atoms with Crippen molar-refractivity contribution in [1.82, 2.24) is 49.3 Å². The van der Waals surface area contributed by atoms with Crippen molar-refractivity contribution >= 4 is 23.1 Å². The Morgan fingerprint density at radius 3 is 0.957 bits per heavy atom. The maximum Gasteiger partial charge on any atom is 0.171 e. The third-order valence-corrected chi connectivity index (χ3v) is 38.3. The lowest BCUT2D eigenvalue weighted by Gasteiger charge is -2.58. The van der Waals surface area contributed by atoms with E-state index in [-0.39, 0.29) is 79.3 Å². The highest BCUT2D eigenvalue weighted by Gasteiger charge is 2.65. The van der Waals surface area contributed by atoms with Crippen LogP contribution in [0.4, 0.5) is 0 Å². The first-order valence-corrected chi connectivity index (χ1v) is 46.8. The Bertz CT molecular complexity index is 4160. The normalized spacial score (nSPS) is 46.1. The molecule has 0 bridgehead atoms. The van der Waals surface area contributed by atoms with Crippen molar-refractivity contribution in [2.24, 2.45) is 138 Å². The predicted octanol–water partition coefficient (Wildman–Crippen LogP) is 18.2. The highest BCUT2D eigenvalue weighted by molar-refractivity contribution is 5.84. The highest BCUT2D eigenvalue weighted by Crippen LogP contribution is 2.72. The Kier molecular flexibility index (Phi) is 21.6. The minimum Gasteiger partial charge on any atom is -0.390 e. The number of aliphatic hydroxyl groups is 4. The number of aryl methyl sites for hydroxylation is 1. The fourth-order valence-corrected chi connectivity index (χ4v) is 31.6. The molecule has 12 fully saturated rings. The number of tetrazole rings is 1. The van der Waals surface area contributed by atoms with Gasteiger partial charge in [0.15, 0.2) is 29.0 Å². The standard InChI is InChI=1S/3C25H36N2O2.C24H36N4O2/c2*1-23(29)11-12-24(2)17(15-23)5-6-18-19-7-8-21(25(19,3)10-9-20(18)24)22(28)16-27-14-4-13-26-27;1-23(29)10-11-24(2)17(14-23)4-5-18-19-6-7-21(25(19,3)9-8-20(18)24)22(28)15-27-13-12-26-16-27;1-15-25-27-28(26-15)14-21(29)20-8-7-18-17-6-5-16-13-22(2,30)11-12-23(16,3)19(17)9-10-24(18,20)4/h2*4,9,13-14,17-19,21,29H,5-8,10-12,15-16H2,1-3H3;8,12-13,16-19,21,29H,4-7,9-11,14-15H2,1-3H3;9,16-18,20,30H,5-8,10-14H2,1-4H3/t3*17-,18+,19+,21-,23-,24+,25+;16-,17+,18+,20-,22-,23+,24+/m1111/s1. The van der Waals surface area contributed by atoms with Gasteiger partial charge >= 0.3 is 0 Å². The van der Waals surface area contributed by atoms with E-state index >= 15 is 0 Å². The van der Waals surface area contributed by atoms with E-state index < -0.39 is 22.4 Å². The van der Waals surface area contributed by atoms with Gasteiger partial charge in [0, 0.05) is 60.9 Å². The van der Waals surface area contributed by atoms with Crippen molar-refractivity contribution in [3.63, 3.8) is 0 Å². The first-order chi connectivity index (χ1) is 55.3. The molecule has 18 heteroatoms. The molecule has 18 nitrogen and oxygen atoms in total. The maximum absolute atomic E-state index is 13.2. The van der Waals surface area contributed by atoms with Gasteiger partial charge in [-0.1, -0.05) is 102 Å². The molecule has 4 aromatic heterocycles. The molecular formula is C99H144N10O8. The summed E-state index contributed by atoms with van der Waals surface area (Å²) in [6, 6.07) is 3.78. The number of aromatic nitrogens is 10. The van der Waals surface area contributed by atoms with Crippen LogP contribution in [0.15, 0.2) is 102 Å². The largest absolute Gasteiger partial charge is 0.390 e. The third kappa shape index (κ3) is 14.7. The number of imidazole rings is 1. The van der Waals surface area contributed by atoms with Crippen molar-refractivity contribution in [2.75, 3.05) is 0 Å². The quantitative estimate of drug-likeness (QED) is 0.0964. The number of hydrogen-bond donors (Lipinski definition) is 4. The fraction of sp³-hybridized carbons (Fsp3) is 0.778. The van der Waals surface area contributed by atoms with Gasteiger partial charge in [0.05, 0.1) is 48.4 Å². The highest BCUT2D eigenvalue weighted by atomic mass is 16.3. The van der Waals surface area contributed by atoms with Gasteiger partial charge in [0.2, 0.25) is 0 Å². The monoisotopic (exact) mass is 1600 g/mol. The van der Waals surface area contributed by atoms with E-state index in [1.807, 2.05) is 63.0 Å². The lowest BCUT2D eigenvalue weighted by molar-refractivity contribution is -0.129. The predicted molar refractivity (Wildman–Crippen MR) is 453 cm³/mol. The molecule has 4 heterocycles. The second-order valence-corrected chi connectivity index (χ2v) is 45.3. The molecule has 16 aliphatic carbocycles. The first-order valence-electron chi connectivity index (χ1n) is 46.8. The lowest BCUT2D eigenvalue weighted by Crippen LogP contribution is -2.51. The molecule has 117 heavy (non-hydrogen) atoms. The van der Waals surface area contributed by atoms with Gasteiger partial charge < -0.3 is 25.0 Å². The molecule has 0 amide bonds. The number of rotatable bonds is 12. The molecule has 0 saturated heterocycles. The number of nitrogens with zero attached hydrogens (tertiary/aromatic N) is 10. The van der Waals surface area contributed by atoms with Crippen molar-refractivity contribution in [2.45, 2.75) is 344 Å². The summed E-state index contributed by atoms with van der Waals surface area (Å²) in [7, 11) is 0. The summed E-state index contributed by atoms with van der Waals surface area (Å²) >= 11 is 0. The summed E-state index contributed by atoms with van der Waals surface area (Å²) in [4.78, 5) is 58.4. The van der Waals surface area contributed by atoms with Gasteiger partial charge in [-0.15, -0.1) is 10.2 Å². The average Bonchev–Trinajstić information content (AvgIpc) is 1.69.